The number of likely N-dealkylation sites (N-methyl/N-ethyl adjacent to an activating group) is 1. The molecule has 1 heterocycles. The second-order valence-electron chi connectivity index (χ2n) is 4.62. The molecule has 1 aliphatic rings. The van der Waals surface area contributed by atoms with Gasteiger partial charge in [0.25, 0.3) is 0 Å². The van der Waals surface area contributed by atoms with Crippen LogP contribution in [0.3, 0.4) is 0 Å². The molecule has 2 unspecified atom stereocenters. The Balaban J connectivity index is 2.05. The summed E-state index contributed by atoms with van der Waals surface area (Å²) in [7, 11) is 1.85. The summed E-state index contributed by atoms with van der Waals surface area (Å²) >= 11 is 1.66. The molecule has 2 rings (SSSR count). The van der Waals surface area contributed by atoms with E-state index in [-0.39, 0.29) is 17.9 Å². The summed E-state index contributed by atoms with van der Waals surface area (Å²) < 4.78 is 5.37. The van der Waals surface area contributed by atoms with Crippen molar-refractivity contribution in [2.75, 3.05) is 31.3 Å². The zero-order chi connectivity index (χ0) is 14.4. The van der Waals surface area contributed by atoms with Crippen molar-refractivity contribution in [1.29, 1.82) is 0 Å². The number of hydrogen-bond acceptors (Lipinski definition) is 4. The molecule has 0 bridgehead atoms. The Morgan fingerprint density at radius 2 is 2.30 bits per heavy atom. The molecule has 1 aromatic carbocycles. The Labute approximate surface area is 124 Å². The zero-order valence-electron chi connectivity index (χ0n) is 11.6. The molecule has 5 heteroatoms. The molecule has 1 fully saturated rings. The lowest BCUT2D eigenvalue weighted by molar-refractivity contribution is -0.120. The second kappa shape index (κ2) is 7.47. The van der Waals surface area contributed by atoms with Crippen molar-refractivity contribution in [3.05, 3.63) is 36.9 Å². The first-order valence-electron chi connectivity index (χ1n) is 6.65. The first kappa shape index (κ1) is 15.1. The lowest BCUT2D eigenvalue weighted by atomic mass is 10.0. The highest BCUT2D eigenvalue weighted by Crippen LogP contribution is 2.28. The zero-order valence-corrected chi connectivity index (χ0v) is 12.4. The fourth-order valence-corrected chi connectivity index (χ4v) is 2.91. The average Bonchev–Trinajstić information content (AvgIpc) is 2.95. The number of carbonyl (C=O) groups excluding carboxylic acids is 1. The van der Waals surface area contributed by atoms with Gasteiger partial charge in [-0.1, -0.05) is 18.2 Å². The Bertz CT molecular complexity index is 479. The van der Waals surface area contributed by atoms with Crippen molar-refractivity contribution in [3.63, 3.8) is 0 Å². The summed E-state index contributed by atoms with van der Waals surface area (Å²) in [5.74, 6) is 0.685. The molecule has 0 aromatic heterocycles. The lowest BCUT2D eigenvalue weighted by Gasteiger charge is -2.17. The van der Waals surface area contributed by atoms with Crippen molar-refractivity contribution < 1.29 is 9.53 Å². The van der Waals surface area contributed by atoms with Crippen LogP contribution in [0, 0.1) is 5.92 Å². The van der Waals surface area contributed by atoms with E-state index in [1.165, 1.54) is 0 Å². The predicted molar refractivity (Wildman–Crippen MR) is 83.1 cm³/mol. The third-order valence-corrected chi connectivity index (χ3v) is 4.36. The molecule has 4 nitrogen and oxygen atoms in total. The number of hydrogen-bond donors (Lipinski definition) is 2. The Morgan fingerprint density at radius 3 is 3.05 bits per heavy atom. The Hall–Kier alpha value is -1.30. The minimum Gasteiger partial charge on any atom is -0.379 e. The normalized spacial score (nSPS) is 21.6. The summed E-state index contributed by atoms with van der Waals surface area (Å²) in [5.41, 5.74) is 0.853. The molecular formula is C15H20N2O2S. The van der Waals surface area contributed by atoms with Crippen molar-refractivity contribution >= 4 is 23.4 Å². The molecule has 0 aliphatic carbocycles. The number of nitrogens with one attached hydrogen (secondary N) is 2. The Kier molecular flexibility index (Phi) is 5.64. The SMILES string of the molecule is C=CCSc1ccccc1NC(=O)C1COCC1NC. The van der Waals surface area contributed by atoms with Gasteiger partial charge in [0.05, 0.1) is 24.8 Å². The van der Waals surface area contributed by atoms with Crippen LogP contribution in [-0.4, -0.2) is 38.0 Å². The van der Waals surface area contributed by atoms with Gasteiger partial charge in [-0.15, -0.1) is 18.3 Å². The average molecular weight is 292 g/mol. The van der Waals surface area contributed by atoms with Crippen LogP contribution in [0.5, 0.6) is 0 Å². The summed E-state index contributed by atoms with van der Waals surface area (Å²) in [4.78, 5) is 13.4. The molecule has 1 amide bonds. The molecule has 2 atom stereocenters. The first-order chi connectivity index (χ1) is 9.76. The number of anilines is 1. The number of rotatable bonds is 6. The number of thioether (sulfide) groups is 1. The van der Waals surface area contributed by atoms with Crippen LogP contribution in [0.15, 0.2) is 41.8 Å². The van der Waals surface area contributed by atoms with Gasteiger partial charge in [0.1, 0.15) is 0 Å². The molecule has 1 saturated heterocycles. The third kappa shape index (κ3) is 3.62. The van der Waals surface area contributed by atoms with Gasteiger partial charge < -0.3 is 15.4 Å². The van der Waals surface area contributed by atoms with E-state index in [0.29, 0.717) is 13.2 Å². The third-order valence-electron chi connectivity index (χ3n) is 3.29. The molecule has 1 aromatic rings. The number of carbonyl (C=O) groups is 1. The quantitative estimate of drug-likeness (QED) is 0.623. The van der Waals surface area contributed by atoms with Gasteiger partial charge in [0, 0.05) is 16.7 Å². The molecule has 1 aliphatic heterocycles. The molecule has 20 heavy (non-hydrogen) atoms. The van der Waals surface area contributed by atoms with Gasteiger partial charge >= 0.3 is 0 Å². The van der Waals surface area contributed by atoms with Gasteiger partial charge in [-0.3, -0.25) is 4.79 Å². The van der Waals surface area contributed by atoms with Crippen molar-refractivity contribution in [2.45, 2.75) is 10.9 Å². The molecule has 2 N–H and O–H groups in total. The standard InChI is InChI=1S/C15H20N2O2S/c1-3-8-20-14-7-5-4-6-12(14)17-15(18)11-9-19-10-13(11)16-2/h3-7,11,13,16H,1,8-10H2,2H3,(H,17,18). The molecule has 0 spiro atoms. The second-order valence-corrected chi connectivity index (χ2v) is 5.69. The number of benzene rings is 1. The van der Waals surface area contributed by atoms with Crippen molar-refractivity contribution in [1.82, 2.24) is 5.32 Å². The summed E-state index contributed by atoms with van der Waals surface area (Å²) in [6, 6.07) is 7.91. The highest BCUT2D eigenvalue weighted by atomic mass is 32.2. The van der Waals surface area contributed by atoms with Crippen molar-refractivity contribution in [2.24, 2.45) is 5.92 Å². The van der Waals surface area contributed by atoms with Gasteiger partial charge in [-0.05, 0) is 19.2 Å². The van der Waals surface area contributed by atoms with Crippen LogP contribution in [-0.2, 0) is 9.53 Å². The van der Waals surface area contributed by atoms with Crippen molar-refractivity contribution in [3.8, 4) is 0 Å². The largest absolute Gasteiger partial charge is 0.379 e. The van der Waals surface area contributed by atoms with Gasteiger partial charge in [-0.2, -0.15) is 0 Å². The molecular weight excluding hydrogens is 272 g/mol. The van der Waals surface area contributed by atoms with E-state index in [9.17, 15) is 4.79 Å². The molecule has 108 valence electrons. The van der Waals surface area contributed by atoms with Crippen LogP contribution in [0.2, 0.25) is 0 Å². The maximum absolute atomic E-state index is 12.3. The van der Waals surface area contributed by atoms with Crippen LogP contribution in [0.1, 0.15) is 0 Å². The lowest BCUT2D eigenvalue weighted by Crippen LogP contribution is -2.39. The summed E-state index contributed by atoms with van der Waals surface area (Å²) in [6.07, 6.45) is 1.85. The van der Waals surface area contributed by atoms with Gasteiger partial charge in [0.15, 0.2) is 0 Å². The Morgan fingerprint density at radius 1 is 1.50 bits per heavy atom. The minimum absolute atomic E-state index is 0.00787. The predicted octanol–water partition coefficient (Wildman–Crippen LogP) is 2.14. The maximum atomic E-state index is 12.3. The van der Waals surface area contributed by atoms with E-state index in [1.54, 1.807) is 11.8 Å². The highest BCUT2D eigenvalue weighted by molar-refractivity contribution is 7.99. The smallest absolute Gasteiger partial charge is 0.231 e. The van der Waals surface area contributed by atoms with Gasteiger partial charge in [-0.25, -0.2) is 0 Å². The molecule has 0 saturated carbocycles. The number of amides is 1. The molecule has 0 radical (unpaired) electrons. The van der Waals surface area contributed by atoms with E-state index in [2.05, 4.69) is 17.2 Å². The fourth-order valence-electron chi connectivity index (χ4n) is 2.17. The fraction of sp³-hybridized carbons (Fsp3) is 0.400. The van der Waals surface area contributed by atoms with E-state index in [1.807, 2.05) is 37.4 Å². The van der Waals surface area contributed by atoms with E-state index >= 15 is 0 Å². The van der Waals surface area contributed by atoms with E-state index in [4.69, 9.17) is 4.74 Å². The van der Waals surface area contributed by atoms with Crippen LogP contribution in [0.25, 0.3) is 0 Å². The van der Waals surface area contributed by atoms with E-state index < -0.39 is 0 Å². The minimum atomic E-state index is -0.141. The summed E-state index contributed by atoms with van der Waals surface area (Å²) in [6.45, 7) is 4.77. The number of ether oxygens (including phenoxy) is 1. The van der Waals surface area contributed by atoms with Gasteiger partial charge in [0.2, 0.25) is 5.91 Å². The number of para-hydroxylation sites is 1. The maximum Gasteiger partial charge on any atom is 0.231 e. The summed E-state index contributed by atoms with van der Waals surface area (Å²) in [5, 5.41) is 6.14. The van der Waals surface area contributed by atoms with Crippen LogP contribution < -0.4 is 10.6 Å². The first-order valence-corrected chi connectivity index (χ1v) is 7.63. The van der Waals surface area contributed by atoms with E-state index in [0.717, 1.165) is 16.3 Å². The monoisotopic (exact) mass is 292 g/mol. The topological polar surface area (TPSA) is 50.4 Å². The van der Waals surface area contributed by atoms with Crippen LogP contribution >= 0.6 is 11.8 Å². The van der Waals surface area contributed by atoms with Crippen LogP contribution in [0.4, 0.5) is 5.69 Å². The highest BCUT2D eigenvalue weighted by Gasteiger charge is 2.33.